The molecule has 0 aliphatic carbocycles. The van der Waals surface area contributed by atoms with Crippen molar-refractivity contribution in [3.63, 3.8) is 0 Å². The molecule has 3 aromatic rings. The molecule has 0 unspecified atom stereocenters. The summed E-state index contributed by atoms with van der Waals surface area (Å²) >= 11 is 0. The Morgan fingerprint density at radius 3 is 2.33 bits per heavy atom. The highest BCUT2D eigenvalue weighted by molar-refractivity contribution is 5.94. The Morgan fingerprint density at radius 1 is 1.00 bits per heavy atom. The van der Waals surface area contributed by atoms with Crippen molar-refractivity contribution in [2.45, 2.75) is 20.4 Å². The maximum Gasteiger partial charge on any atom is 0.253 e. The molecule has 1 aliphatic heterocycles. The number of hydrogen-bond acceptors (Lipinski definition) is 3. The van der Waals surface area contributed by atoms with E-state index in [9.17, 15) is 4.79 Å². The van der Waals surface area contributed by atoms with Crippen LogP contribution in [0.5, 0.6) is 0 Å². The molecule has 1 aromatic heterocycles. The molecule has 0 bridgehead atoms. The lowest BCUT2D eigenvalue weighted by atomic mass is 10.1. The van der Waals surface area contributed by atoms with E-state index in [-0.39, 0.29) is 5.91 Å². The van der Waals surface area contributed by atoms with Gasteiger partial charge in [-0.3, -0.25) is 9.69 Å². The van der Waals surface area contributed by atoms with Gasteiger partial charge < -0.3 is 9.47 Å². The largest absolute Gasteiger partial charge is 0.336 e. The number of nitrogens with zero attached hydrogens (tertiary/aromatic N) is 4. The van der Waals surface area contributed by atoms with Gasteiger partial charge in [0.25, 0.3) is 5.91 Å². The van der Waals surface area contributed by atoms with Gasteiger partial charge in [0.15, 0.2) is 0 Å². The third-order valence-electron chi connectivity index (χ3n) is 5.37. The van der Waals surface area contributed by atoms with Gasteiger partial charge in [-0.25, -0.2) is 4.98 Å². The van der Waals surface area contributed by atoms with Crippen molar-refractivity contribution in [2.75, 3.05) is 26.2 Å². The first-order valence-electron chi connectivity index (χ1n) is 9.51. The van der Waals surface area contributed by atoms with Crippen LogP contribution in [0.25, 0.3) is 11.0 Å². The standard InChI is InChI=1S/C22H26N4O/c1-16-12-17(2)14-18(13-16)22(27)26-10-8-25(9-11-26)15-21-23-19-6-4-5-7-20(19)24(21)3/h4-7,12-14H,8-11,15H2,1-3H3. The fourth-order valence-electron chi connectivity index (χ4n) is 3.93. The number of benzene rings is 2. The smallest absolute Gasteiger partial charge is 0.253 e. The van der Waals surface area contributed by atoms with E-state index in [1.54, 1.807) is 0 Å². The number of fused-ring (bicyclic) bond motifs is 1. The van der Waals surface area contributed by atoms with Gasteiger partial charge in [-0.05, 0) is 38.1 Å². The molecular weight excluding hydrogens is 336 g/mol. The normalized spacial score (nSPS) is 15.4. The maximum atomic E-state index is 12.8. The first-order chi connectivity index (χ1) is 13.0. The number of amides is 1. The number of aryl methyl sites for hydroxylation is 3. The molecular formula is C22H26N4O. The zero-order valence-electron chi connectivity index (χ0n) is 16.3. The topological polar surface area (TPSA) is 41.4 Å². The van der Waals surface area contributed by atoms with Crippen molar-refractivity contribution in [3.8, 4) is 0 Å². The molecule has 5 heteroatoms. The zero-order valence-corrected chi connectivity index (χ0v) is 16.3. The molecule has 0 N–H and O–H groups in total. The van der Waals surface area contributed by atoms with E-state index in [1.165, 1.54) is 0 Å². The Hall–Kier alpha value is -2.66. The summed E-state index contributed by atoms with van der Waals surface area (Å²) in [6, 6.07) is 14.3. The van der Waals surface area contributed by atoms with Crippen LogP contribution in [0.4, 0.5) is 0 Å². The number of carbonyl (C=O) groups is 1. The highest BCUT2D eigenvalue weighted by Crippen LogP contribution is 2.17. The Morgan fingerprint density at radius 2 is 1.67 bits per heavy atom. The molecule has 4 rings (SSSR count). The minimum Gasteiger partial charge on any atom is -0.336 e. The Balaban J connectivity index is 1.41. The summed E-state index contributed by atoms with van der Waals surface area (Å²) in [4.78, 5) is 22.0. The highest BCUT2D eigenvalue weighted by Gasteiger charge is 2.23. The highest BCUT2D eigenvalue weighted by atomic mass is 16.2. The molecule has 1 aliphatic rings. The Bertz CT molecular complexity index is 963. The van der Waals surface area contributed by atoms with Gasteiger partial charge in [0.05, 0.1) is 17.6 Å². The predicted molar refractivity (Wildman–Crippen MR) is 108 cm³/mol. The monoisotopic (exact) mass is 362 g/mol. The fraction of sp³-hybridized carbons (Fsp3) is 0.364. The summed E-state index contributed by atoms with van der Waals surface area (Å²) in [7, 11) is 2.07. The van der Waals surface area contributed by atoms with Crippen LogP contribution in [-0.2, 0) is 13.6 Å². The third-order valence-corrected chi connectivity index (χ3v) is 5.37. The van der Waals surface area contributed by atoms with Crippen LogP contribution in [0.1, 0.15) is 27.3 Å². The van der Waals surface area contributed by atoms with Gasteiger partial charge in [0.2, 0.25) is 0 Å². The second-order valence-electron chi connectivity index (χ2n) is 7.52. The van der Waals surface area contributed by atoms with E-state index in [2.05, 4.69) is 34.7 Å². The minimum atomic E-state index is 0.143. The summed E-state index contributed by atoms with van der Waals surface area (Å²) in [5, 5.41) is 0. The molecule has 0 saturated carbocycles. The van der Waals surface area contributed by atoms with Crippen LogP contribution in [-0.4, -0.2) is 51.4 Å². The summed E-state index contributed by atoms with van der Waals surface area (Å²) < 4.78 is 2.17. The van der Waals surface area contributed by atoms with Crippen LogP contribution in [0.3, 0.4) is 0 Å². The summed E-state index contributed by atoms with van der Waals surface area (Å²) in [5.74, 6) is 1.22. The van der Waals surface area contributed by atoms with Gasteiger partial charge in [-0.15, -0.1) is 0 Å². The lowest BCUT2D eigenvalue weighted by Gasteiger charge is -2.34. The zero-order chi connectivity index (χ0) is 19.0. The number of hydrogen-bond donors (Lipinski definition) is 0. The number of carbonyl (C=O) groups excluding carboxylic acids is 1. The molecule has 27 heavy (non-hydrogen) atoms. The van der Waals surface area contributed by atoms with Gasteiger partial charge in [-0.1, -0.05) is 29.3 Å². The van der Waals surface area contributed by atoms with E-state index in [0.717, 1.165) is 66.3 Å². The molecule has 5 nitrogen and oxygen atoms in total. The van der Waals surface area contributed by atoms with Crippen LogP contribution >= 0.6 is 0 Å². The number of aromatic nitrogens is 2. The maximum absolute atomic E-state index is 12.8. The van der Waals surface area contributed by atoms with Crippen LogP contribution in [0, 0.1) is 13.8 Å². The van der Waals surface area contributed by atoms with Crippen molar-refractivity contribution in [2.24, 2.45) is 7.05 Å². The van der Waals surface area contributed by atoms with E-state index >= 15 is 0 Å². The van der Waals surface area contributed by atoms with Crippen LogP contribution < -0.4 is 0 Å². The second-order valence-corrected chi connectivity index (χ2v) is 7.52. The summed E-state index contributed by atoms with van der Waals surface area (Å²) in [6.45, 7) is 8.17. The molecule has 1 saturated heterocycles. The molecule has 0 radical (unpaired) electrons. The van der Waals surface area contributed by atoms with Crippen molar-refractivity contribution >= 4 is 16.9 Å². The van der Waals surface area contributed by atoms with Crippen LogP contribution in [0.2, 0.25) is 0 Å². The van der Waals surface area contributed by atoms with Gasteiger partial charge in [0.1, 0.15) is 5.82 Å². The number of para-hydroxylation sites is 2. The summed E-state index contributed by atoms with van der Waals surface area (Å²) in [6.07, 6.45) is 0. The SMILES string of the molecule is Cc1cc(C)cc(C(=O)N2CCN(Cc3nc4ccccc4n3C)CC2)c1. The molecule has 0 atom stereocenters. The van der Waals surface area contributed by atoms with Gasteiger partial charge >= 0.3 is 0 Å². The Labute approximate surface area is 160 Å². The molecule has 1 fully saturated rings. The average Bonchev–Trinajstić information content (AvgIpc) is 2.97. The lowest BCUT2D eigenvalue weighted by molar-refractivity contribution is 0.0624. The number of piperazine rings is 1. The van der Waals surface area contributed by atoms with Gasteiger partial charge in [-0.2, -0.15) is 0 Å². The van der Waals surface area contributed by atoms with E-state index in [4.69, 9.17) is 4.98 Å². The van der Waals surface area contributed by atoms with E-state index < -0.39 is 0 Å². The van der Waals surface area contributed by atoms with E-state index in [0.29, 0.717) is 0 Å². The first kappa shape index (κ1) is 17.7. The predicted octanol–water partition coefficient (Wildman–Crippen LogP) is 3.15. The fourth-order valence-corrected chi connectivity index (χ4v) is 3.93. The van der Waals surface area contributed by atoms with Crippen molar-refractivity contribution in [3.05, 3.63) is 65.0 Å². The quantitative estimate of drug-likeness (QED) is 0.719. The van der Waals surface area contributed by atoms with Gasteiger partial charge in [0, 0.05) is 38.8 Å². The lowest BCUT2D eigenvalue weighted by Crippen LogP contribution is -2.48. The third kappa shape index (κ3) is 3.60. The molecule has 1 amide bonds. The van der Waals surface area contributed by atoms with Crippen molar-refractivity contribution in [1.82, 2.24) is 19.4 Å². The molecule has 2 heterocycles. The average molecular weight is 362 g/mol. The number of imidazole rings is 1. The first-order valence-corrected chi connectivity index (χ1v) is 9.51. The second kappa shape index (κ2) is 7.16. The van der Waals surface area contributed by atoms with E-state index in [1.807, 2.05) is 43.0 Å². The van der Waals surface area contributed by atoms with Crippen molar-refractivity contribution < 1.29 is 4.79 Å². The molecule has 140 valence electrons. The summed E-state index contributed by atoms with van der Waals surface area (Å²) in [5.41, 5.74) is 5.28. The van der Waals surface area contributed by atoms with Crippen molar-refractivity contribution in [1.29, 1.82) is 0 Å². The Kier molecular flexibility index (Phi) is 4.70. The molecule has 0 spiro atoms. The molecule has 2 aromatic carbocycles. The number of rotatable bonds is 3. The minimum absolute atomic E-state index is 0.143. The van der Waals surface area contributed by atoms with Crippen LogP contribution in [0.15, 0.2) is 42.5 Å².